The molecule has 0 saturated carbocycles. The zero-order valence-corrected chi connectivity index (χ0v) is 15.5. The van der Waals surface area contributed by atoms with Crippen molar-refractivity contribution in [3.8, 4) is 5.75 Å². The molecule has 1 amide bonds. The maximum absolute atomic E-state index is 12.6. The van der Waals surface area contributed by atoms with Gasteiger partial charge in [0.1, 0.15) is 12.4 Å². The third-order valence-electron chi connectivity index (χ3n) is 4.07. The molecule has 0 radical (unpaired) electrons. The van der Waals surface area contributed by atoms with Crippen LogP contribution in [0.25, 0.3) is 0 Å². The molecule has 5 nitrogen and oxygen atoms in total. The number of rotatable bonds is 7. The van der Waals surface area contributed by atoms with Crippen LogP contribution >= 0.6 is 0 Å². The van der Waals surface area contributed by atoms with Gasteiger partial charge in [-0.1, -0.05) is 54.6 Å². The highest BCUT2D eigenvalue weighted by Gasteiger charge is 2.21. The fourth-order valence-electron chi connectivity index (χ4n) is 2.57. The highest BCUT2D eigenvalue weighted by atomic mass is 16.5. The summed E-state index contributed by atoms with van der Waals surface area (Å²) < 4.78 is 11.1. The number of para-hydroxylation sites is 2. The molecule has 0 aliphatic carbocycles. The second kappa shape index (κ2) is 9.37. The molecule has 0 unspecified atom stereocenters. The van der Waals surface area contributed by atoms with Gasteiger partial charge in [-0.2, -0.15) is 0 Å². The summed E-state index contributed by atoms with van der Waals surface area (Å²) in [6.45, 7) is 1.76. The van der Waals surface area contributed by atoms with Crippen LogP contribution in [0.3, 0.4) is 0 Å². The van der Waals surface area contributed by atoms with Crippen LogP contribution in [0.1, 0.15) is 22.8 Å². The molecule has 142 valence electrons. The maximum Gasteiger partial charge on any atom is 0.339 e. The van der Waals surface area contributed by atoms with E-state index in [0.717, 1.165) is 0 Å². The first-order valence-corrected chi connectivity index (χ1v) is 8.96. The van der Waals surface area contributed by atoms with Crippen molar-refractivity contribution >= 4 is 17.6 Å². The monoisotopic (exact) mass is 375 g/mol. The third kappa shape index (κ3) is 5.20. The van der Waals surface area contributed by atoms with E-state index in [1.54, 1.807) is 37.3 Å². The average Bonchev–Trinajstić information content (AvgIpc) is 2.74. The van der Waals surface area contributed by atoms with Gasteiger partial charge in [-0.25, -0.2) is 4.79 Å². The number of esters is 1. The highest BCUT2D eigenvalue weighted by Crippen LogP contribution is 2.16. The predicted octanol–water partition coefficient (Wildman–Crippen LogP) is 4.45. The second-order valence-electron chi connectivity index (χ2n) is 6.16. The number of hydrogen-bond donors (Lipinski definition) is 1. The molecule has 0 bridgehead atoms. The molecule has 0 aliphatic rings. The van der Waals surface area contributed by atoms with Crippen molar-refractivity contribution in [3.63, 3.8) is 0 Å². The van der Waals surface area contributed by atoms with E-state index in [9.17, 15) is 9.59 Å². The van der Waals surface area contributed by atoms with E-state index >= 15 is 0 Å². The van der Waals surface area contributed by atoms with Crippen LogP contribution < -0.4 is 10.1 Å². The molecule has 1 atom stereocenters. The van der Waals surface area contributed by atoms with E-state index < -0.39 is 18.0 Å². The normalized spacial score (nSPS) is 11.3. The number of ether oxygens (including phenoxy) is 2. The lowest BCUT2D eigenvalue weighted by molar-refractivity contribution is -0.123. The van der Waals surface area contributed by atoms with E-state index in [-0.39, 0.29) is 6.61 Å². The maximum atomic E-state index is 12.6. The van der Waals surface area contributed by atoms with Gasteiger partial charge in [-0.15, -0.1) is 0 Å². The van der Waals surface area contributed by atoms with Gasteiger partial charge in [0.05, 0.1) is 5.56 Å². The van der Waals surface area contributed by atoms with Crippen molar-refractivity contribution < 1.29 is 19.1 Å². The first-order valence-electron chi connectivity index (χ1n) is 8.96. The zero-order valence-electron chi connectivity index (χ0n) is 15.5. The molecule has 0 aromatic heterocycles. The largest absolute Gasteiger partial charge is 0.489 e. The number of carbonyl (C=O) groups excluding carboxylic acids is 2. The van der Waals surface area contributed by atoms with E-state index in [2.05, 4.69) is 5.32 Å². The summed E-state index contributed by atoms with van der Waals surface area (Å²) >= 11 is 0. The zero-order chi connectivity index (χ0) is 19.8. The van der Waals surface area contributed by atoms with Crippen LogP contribution in [0, 0.1) is 0 Å². The minimum Gasteiger partial charge on any atom is -0.489 e. The molecule has 1 N–H and O–H groups in total. The van der Waals surface area contributed by atoms with Gasteiger partial charge in [-0.3, -0.25) is 4.79 Å². The molecule has 28 heavy (non-hydrogen) atoms. The lowest BCUT2D eigenvalue weighted by Crippen LogP contribution is -2.30. The Labute approximate surface area is 163 Å². The predicted molar refractivity (Wildman–Crippen MR) is 107 cm³/mol. The van der Waals surface area contributed by atoms with Crippen LogP contribution in [0.4, 0.5) is 5.69 Å². The summed E-state index contributed by atoms with van der Waals surface area (Å²) in [7, 11) is 0. The average molecular weight is 375 g/mol. The highest BCUT2D eigenvalue weighted by molar-refractivity contribution is 5.97. The summed E-state index contributed by atoms with van der Waals surface area (Å²) in [4.78, 5) is 24.8. The molecular weight excluding hydrogens is 354 g/mol. The topological polar surface area (TPSA) is 64.6 Å². The minimum atomic E-state index is -0.934. The van der Waals surface area contributed by atoms with Crippen molar-refractivity contribution in [2.45, 2.75) is 19.6 Å². The Kier molecular flexibility index (Phi) is 6.41. The van der Waals surface area contributed by atoms with Gasteiger partial charge in [0, 0.05) is 11.3 Å². The summed E-state index contributed by atoms with van der Waals surface area (Å²) in [6.07, 6.45) is -0.934. The van der Waals surface area contributed by atoms with Crippen LogP contribution in [0.2, 0.25) is 0 Å². The van der Waals surface area contributed by atoms with Crippen molar-refractivity contribution in [2.24, 2.45) is 0 Å². The second-order valence-corrected chi connectivity index (χ2v) is 6.16. The van der Waals surface area contributed by atoms with Gasteiger partial charge in [0.15, 0.2) is 6.10 Å². The van der Waals surface area contributed by atoms with Crippen molar-refractivity contribution in [1.29, 1.82) is 0 Å². The van der Waals surface area contributed by atoms with Crippen molar-refractivity contribution in [2.75, 3.05) is 5.32 Å². The molecule has 0 spiro atoms. The van der Waals surface area contributed by atoms with Gasteiger partial charge in [-0.05, 0) is 37.3 Å². The first-order chi connectivity index (χ1) is 13.6. The third-order valence-corrected chi connectivity index (χ3v) is 4.07. The summed E-state index contributed by atoms with van der Waals surface area (Å²) in [6, 6.07) is 25.4. The fraction of sp³-hybridized carbons (Fsp3) is 0.130. The Bertz CT molecular complexity index is 926. The summed E-state index contributed by atoms with van der Waals surface area (Å²) in [5.41, 5.74) is 1.71. The summed E-state index contributed by atoms with van der Waals surface area (Å²) in [5.74, 6) is -0.248. The Morgan fingerprint density at radius 1 is 0.857 bits per heavy atom. The quantitative estimate of drug-likeness (QED) is 0.620. The molecule has 0 saturated heterocycles. The Morgan fingerprint density at radius 2 is 1.46 bits per heavy atom. The lowest BCUT2D eigenvalue weighted by Gasteiger charge is -2.15. The van der Waals surface area contributed by atoms with Crippen LogP contribution in [0.15, 0.2) is 84.9 Å². The standard InChI is InChI=1S/C23H21NO4/c1-17(22(25)24-19-11-4-2-5-12-19)28-23(26)21-15-9-8-10-18(21)16-27-20-13-6-3-7-14-20/h2-15,17H,16H2,1H3,(H,24,25)/t17-/m1/s1. The molecular formula is C23H21NO4. The molecule has 3 rings (SSSR count). The molecule has 5 heteroatoms. The Hall–Kier alpha value is -3.60. The van der Waals surface area contributed by atoms with Gasteiger partial charge < -0.3 is 14.8 Å². The van der Waals surface area contributed by atoms with Gasteiger partial charge in [0.2, 0.25) is 0 Å². The van der Waals surface area contributed by atoms with E-state index in [4.69, 9.17) is 9.47 Å². The SMILES string of the molecule is C[C@@H](OC(=O)c1ccccc1COc1ccccc1)C(=O)Nc1ccccc1. The first kappa shape index (κ1) is 19.2. The van der Waals surface area contributed by atoms with E-state index in [1.165, 1.54) is 0 Å². The summed E-state index contributed by atoms with van der Waals surface area (Å²) in [5, 5.41) is 2.72. The molecule has 0 aliphatic heterocycles. The lowest BCUT2D eigenvalue weighted by atomic mass is 10.1. The van der Waals surface area contributed by atoms with Crippen molar-refractivity contribution in [3.05, 3.63) is 96.1 Å². The number of amides is 1. The van der Waals surface area contributed by atoms with E-state index in [0.29, 0.717) is 22.6 Å². The van der Waals surface area contributed by atoms with E-state index in [1.807, 2.05) is 54.6 Å². The number of anilines is 1. The molecule has 3 aromatic rings. The Balaban J connectivity index is 1.63. The van der Waals surface area contributed by atoms with Gasteiger partial charge in [0.25, 0.3) is 5.91 Å². The van der Waals surface area contributed by atoms with Crippen LogP contribution in [-0.4, -0.2) is 18.0 Å². The van der Waals surface area contributed by atoms with Crippen LogP contribution in [0.5, 0.6) is 5.75 Å². The molecule has 0 heterocycles. The molecule has 3 aromatic carbocycles. The van der Waals surface area contributed by atoms with Crippen LogP contribution in [-0.2, 0) is 16.1 Å². The number of hydrogen-bond acceptors (Lipinski definition) is 4. The molecule has 0 fully saturated rings. The number of carbonyl (C=O) groups is 2. The number of benzene rings is 3. The number of nitrogens with one attached hydrogen (secondary N) is 1. The van der Waals surface area contributed by atoms with Crippen molar-refractivity contribution in [1.82, 2.24) is 0 Å². The fourth-order valence-corrected chi connectivity index (χ4v) is 2.57. The smallest absolute Gasteiger partial charge is 0.339 e. The Morgan fingerprint density at radius 3 is 2.18 bits per heavy atom. The van der Waals surface area contributed by atoms with Gasteiger partial charge >= 0.3 is 5.97 Å². The minimum absolute atomic E-state index is 0.222.